The predicted molar refractivity (Wildman–Crippen MR) is 97.2 cm³/mol. The maximum atomic E-state index is 13.1. The third-order valence-corrected chi connectivity index (χ3v) is 5.00. The zero-order valence-corrected chi connectivity index (χ0v) is 14.7. The fourth-order valence-electron chi connectivity index (χ4n) is 3.58. The van der Waals surface area contributed by atoms with Gasteiger partial charge in [0.15, 0.2) is 0 Å². The first kappa shape index (κ1) is 16.7. The van der Waals surface area contributed by atoms with Crippen LogP contribution in [0.1, 0.15) is 22.1 Å². The minimum atomic E-state index is -0.0970. The van der Waals surface area contributed by atoms with E-state index in [2.05, 4.69) is 5.32 Å². The van der Waals surface area contributed by atoms with E-state index in [9.17, 15) is 9.59 Å². The standard InChI is InChI=1S/C19H22N4O3/c1-21-9-2-3-16(21)17-13-26-12-11-23(17)18(24)14-4-6-15(7-5-14)22-10-8-20-19(22)25/h2-7,9,17H,8,10-13H2,1H3,(H,20,25). The van der Waals surface area contributed by atoms with Crippen LogP contribution in [0.2, 0.25) is 0 Å². The Morgan fingerprint density at radius 3 is 2.65 bits per heavy atom. The number of carbonyl (C=O) groups is 2. The lowest BCUT2D eigenvalue weighted by atomic mass is 10.1. The van der Waals surface area contributed by atoms with Crippen LogP contribution >= 0.6 is 0 Å². The van der Waals surface area contributed by atoms with Crippen molar-refractivity contribution in [3.05, 3.63) is 53.9 Å². The van der Waals surface area contributed by atoms with Crippen molar-refractivity contribution in [2.75, 3.05) is 37.7 Å². The van der Waals surface area contributed by atoms with E-state index in [1.165, 1.54) is 0 Å². The van der Waals surface area contributed by atoms with E-state index < -0.39 is 0 Å². The van der Waals surface area contributed by atoms with Crippen LogP contribution in [0.5, 0.6) is 0 Å². The third kappa shape index (κ3) is 2.94. The van der Waals surface area contributed by atoms with Gasteiger partial charge in [0.25, 0.3) is 5.91 Å². The van der Waals surface area contributed by atoms with Gasteiger partial charge in [-0.05, 0) is 36.4 Å². The van der Waals surface area contributed by atoms with Crippen molar-refractivity contribution in [2.45, 2.75) is 6.04 Å². The summed E-state index contributed by atoms with van der Waals surface area (Å²) >= 11 is 0. The van der Waals surface area contributed by atoms with Crippen molar-refractivity contribution >= 4 is 17.6 Å². The van der Waals surface area contributed by atoms with E-state index in [1.807, 2.05) is 47.0 Å². The molecule has 2 fully saturated rings. The summed E-state index contributed by atoms with van der Waals surface area (Å²) in [7, 11) is 1.97. The summed E-state index contributed by atoms with van der Waals surface area (Å²) in [4.78, 5) is 28.4. The normalized spacial score (nSPS) is 20.3. The summed E-state index contributed by atoms with van der Waals surface area (Å²) in [5, 5.41) is 2.78. The second kappa shape index (κ2) is 6.84. The zero-order valence-electron chi connectivity index (χ0n) is 14.7. The van der Waals surface area contributed by atoms with Gasteiger partial charge in [0.1, 0.15) is 0 Å². The quantitative estimate of drug-likeness (QED) is 0.913. The molecule has 0 radical (unpaired) electrons. The minimum Gasteiger partial charge on any atom is -0.377 e. The van der Waals surface area contributed by atoms with Crippen LogP contribution in [0.4, 0.5) is 10.5 Å². The number of amides is 3. The number of carbonyl (C=O) groups excluding carboxylic acids is 2. The van der Waals surface area contributed by atoms with E-state index in [1.54, 1.807) is 17.0 Å². The molecular formula is C19H22N4O3. The Balaban J connectivity index is 1.55. The zero-order chi connectivity index (χ0) is 18.1. The van der Waals surface area contributed by atoms with Crippen molar-refractivity contribution in [3.8, 4) is 0 Å². The topological polar surface area (TPSA) is 66.8 Å². The molecule has 2 aliphatic rings. The van der Waals surface area contributed by atoms with E-state index >= 15 is 0 Å². The van der Waals surface area contributed by atoms with Gasteiger partial charge in [-0.2, -0.15) is 0 Å². The SMILES string of the molecule is Cn1cccc1C1COCCN1C(=O)c1ccc(N2CCNC2=O)cc1. The molecule has 3 heterocycles. The number of hydrogen-bond acceptors (Lipinski definition) is 3. The number of urea groups is 1. The Bertz CT molecular complexity index is 814. The van der Waals surface area contributed by atoms with E-state index in [-0.39, 0.29) is 18.0 Å². The number of ether oxygens (including phenoxy) is 1. The average Bonchev–Trinajstić information content (AvgIpc) is 3.29. The molecule has 7 heteroatoms. The first-order valence-electron chi connectivity index (χ1n) is 8.80. The fraction of sp³-hybridized carbons (Fsp3) is 0.368. The minimum absolute atomic E-state index is 0.0167. The van der Waals surface area contributed by atoms with Crippen LogP contribution in [-0.2, 0) is 11.8 Å². The highest BCUT2D eigenvalue weighted by Gasteiger charge is 2.31. The van der Waals surface area contributed by atoms with Gasteiger partial charge >= 0.3 is 6.03 Å². The predicted octanol–water partition coefficient (Wildman–Crippen LogP) is 1.77. The van der Waals surface area contributed by atoms with Crippen molar-refractivity contribution in [3.63, 3.8) is 0 Å². The first-order valence-corrected chi connectivity index (χ1v) is 8.80. The van der Waals surface area contributed by atoms with Gasteiger partial charge in [0.2, 0.25) is 0 Å². The van der Waals surface area contributed by atoms with Crippen LogP contribution in [0.25, 0.3) is 0 Å². The lowest BCUT2D eigenvalue weighted by molar-refractivity contribution is -0.00463. The van der Waals surface area contributed by atoms with E-state index in [0.29, 0.717) is 38.4 Å². The van der Waals surface area contributed by atoms with Gasteiger partial charge in [-0.15, -0.1) is 0 Å². The molecule has 1 N–H and O–H groups in total. The molecule has 1 unspecified atom stereocenters. The third-order valence-electron chi connectivity index (χ3n) is 5.00. The first-order chi connectivity index (χ1) is 12.6. The molecule has 2 saturated heterocycles. The lowest BCUT2D eigenvalue weighted by Crippen LogP contribution is -2.44. The molecule has 1 atom stereocenters. The van der Waals surface area contributed by atoms with E-state index in [0.717, 1.165) is 11.4 Å². The molecule has 0 aliphatic carbocycles. The van der Waals surface area contributed by atoms with Crippen molar-refractivity contribution in [2.24, 2.45) is 7.05 Å². The Kier molecular flexibility index (Phi) is 4.38. The molecule has 3 amide bonds. The monoisotopic (exact) mass is 354 g/mol. The maximum Gasteiger partial charge on any atom is 0.321 e. The Morgan fingerprint density at radius 1 is 1.19 bits per heavy atom. The molecule has 1 aromatic carbocycles. The Labute approximate surface area is 152 Å². The number of aryl methyl sites for hydroxylation is 1. The molecule has 0 saturated carbocycles. The van der Waals surface area contributed by atoms with Crippen LogP contribution in [0, 0.1) is 0 Å². The molecule has 1 aromatic heterocycles. The maximum absolute atomic E-state index is 13.1. The molecule has 4 rings (SSSR count). The van der Waals surface area contributed by atoms with Gasteiger partial charge in [-0.3, -0.25) is 9.69 Å². The number of hydrogen-bond donors (Lipinski definition) is 1. The average molecular weight is 354 g/mol. The number of rotatable bonds is 3. The molecule has 26 heavy (non-hydrogen) atoms. The van der Waals surface area contributed by atoms with Gasteiger partial charge in [-0.1, -0.05) is 0 Å². The summed E-state index contributed by atoms with van der Waals surface area (Å²) in [6.07, 6.45) is 1.97. The summed E-state index contributed by atoms with van der Waals surface area (Å²) in [6.45, 7) is 2.88. The molecule has 136 valence electrons. The van der Waals surface area contributed by atoms with Crippen LogP contribution in [-0.4, -0.2) is 54.3 Å². The van der Waals surface area contributed by atoms with Crippen molar-refractivity contribution < 1.29 is 14.3 Å². The van der Waals surface area contributed by atoms with Crippen molar-refractivity contribution in [1.29, 1.82) is 0 Å². The van der Waals surface area contributed by atoms with Gasteiger partial charge in [-0.25, -0.2) is 4.79 Å². The van der Waals surface area contributed by atoms with Crippen molar-refractivity contribution in [1.82, 2.24) is 14.8 Å². The van der Waals surface area contributed by atoms with Gasteiger partial charge in [0.05, 0.1) is 19.3 Å². The number of benzene rings is 1. The highest BCUT2D eigenvalue weighted by molar-refractivity contribution is 5.97. The summed E-state index contributed by atoms with van der Waals surface area (Å²) < 4.78 is 7.64. The summed E-state index contributed by atoms with van der Waals surface area (Å²) in [5.41, 5.74) is 2.48. The van der Waals surface area contributed by atoms with E-state index in [4.69, 9.17) is 4.74 Å². The second-order valence-electron chi connectivity index (χ2n) is 6.56. The van der Waals surface area contributed by atoms with Crippen LogP contribution < -0.4 is 10.2 Å². The number of morpholine rings is 1. The summed E-state index contributed by atoms with van der Waals surface area (Å²) in [5.74, 6) is -0.0167. The molecular weight excluding hydrogens is 332 g/mol. The highest BCUT2D eigenvalue weighted by atomic mass is 16.5. The molecule has 0 bridgehead atoms. The van der Waals surface area contributed by atoms with Gasteiger partial charge in [0, 0.05) is 49.8 Å². The lowest BCUT2D eigenvalue weighted by Gasteiger charge is -2.36. The second-order valence-corrected chi connectivity index (χ2v) is 6.56. The fourth-order valence-corrected chi connectivity index (χ4v) is 3.58. The number of nitrogens with one attached hydrogen (secondary N) is 1. The number of nitrogens with zero attached hydrogens (tertiary/aromatic N) is 3. The molecule has 2 aliphatic heterocycles. The highest BCUT2D eigenvalue weighted by Crippen LogP contribution is 2.27. The number of anilines is 1. The molecule has 0 spiro atoms. The van der Waals surface area contributed by atoms with Gasteiger partial charge < -0.3 is 19.5 Å². The smallest absolute Gasteiger partial charge is 0.321 e. The summed E-state index contributed by atoms with van der Waals surface area (Å²) in [6, 6.07) is 11.0. The largest absolute Gasteiger partial charge is 0.377 e. The Hall–Kier alpha value is -2.80. The Morgan fingerprint density at radius 2 is 2.00 bits per heavy atom. The molecule has 7 nitrogen and oxygen atoms in total. The van der Waals surface area contributed by atoms with Crippen LogP contribution in [0.15, 0.2) is 42.6 Å². The molecule has 2 aromatic rings. The number of aromatic nitrogens is 1. The van der Waals surface area contributed by atoms with Crippen LogP contribution in [0.3, 0.4) is 0 Å².